The van der Waals surface area contributed by atoms with Gasteiger partial charge in [0.25, 0.3) is 5.91 Å². The van der Waals surface area contributed by atoms with Gasteiger partial charge in [0.2, 0.25) is 0 Å². The normalized spacial score (nSPS) is 12.1. The van der Waals surface area contributed by atoms with Crippen LogP contribution < -0.4 is 10.1 Å². The average molecular weight is 310 g/mol. The summed E-state index contributed by atoms with van der Waals surface area (Å²) >= 11 is 0. The number of aromatic nitrogens is 3. The van der Waals surface area contributed by atoms with Crippen molar-refractivity contribution in [3.63, 3.8) is 0 Å². The van der Waals surface area contributed by atoms with E-state index in [-0.39, 0.29) is 18.6 Å². The lowest BCUT2D eigenvalue weighted by Gasteiger charge is -2.13. The topological polar surface area (TPSA) is 68.5 Å². The molecule has 0 aliphatic rings. The molecule has 1 amide bonds. The summed E-state index contributed by atoms with van der Waals surface area (Å²) in [6, 6.07) is 13.0. The molecule has 1 unspecified atom stereocenters. The number of carbonyl (C=O) groups is 1. The summed E-state index contributed by atoms with van der Waals surface area (Å²) in [6.45, 7) is 3.83. The molecule has 2 heterocycles. The molecule has 23 heavy (non-hydrogen) atoms. The van der Waals surface area contributed by atoms with E-state index in [9.17, 15) is 4.79 Å². The van der Waals surface area contributed by atoms with Gasteiger partial charge in [-0.25, -0.2) is 0 Å². The largest absolute Gasteiger partial charge is 0.484 e. The zero-order valence-electron chi connectivity index (χ0n) is 13.1. The number of amides is 1. The summed E-state index contributed by atoms with van der Waals surface area (Å²) < 4.78 is 7.33. The van der Waals surface area contributed by atoms with Crippen molar-refractivity contribution in [1.29, 1.82) is 0 Å². The summed E-state index contributed by atoms with van der Waals surface area (Å²) in [4.78, 5) is 12.0. The maximum atomic E-state index is 12.0. The molecule has 0 saturated carbocycles. The summed E-state index contributed by atoms with van der Waals surface area (Å²) in [7, 11) is 0. The van der Waals surface area contributed by atoms with E-state index in [2.05, 4.69) is 15.5 Å². The summed E-state index contributed by atoms with van der Waals surface area (Å²) in [5.74, 6) is 1.15. The maximum absolute atomic E-state index is 12.0. The van der Waals surface area contributed by atoms with Crippen LogP contribution in [0.25, 0.3) is 5.65 Å². The smallest absolute Gasteiger partial charge is 0.258 e. The number of carbonyl (C=O) groups excluding carboxylic acids is 1. The van der Waals surface area contributed by atoms with Gasteiger partial charge in [0.15, 0.2) is 18.1 Å². The average Bonchev–Trinajstić information content (AvgIpc) is 2.98. The number of pyridine rings is 1. The third kappa shape index (κ3) is 3.48. The molecule has 0 aliphatic carbocycles. The lowest BCUT2D eigenvalue weighted by atomic mass is 10.2. The molecule has 118 valence electrons. The lowest BCUT2D eigenvalue weighted by Crippen LogP contribution is -2.32. The fraction of sp³-hybridized carbons (Fsp3) is 0.235. The number of benzene rings is 1. The van der Waals surface area contributed by atoms with Crippen LogP contribution in [0.4, 0.5) is 0 Å². The molecule has 1 aromatic carbocycles. The van der Waals surface area contributed by atoms with Crippen LogP contribution in [0.3, 0.4) is 0 Å². The van der Waals surface area contributed by atoms with Crippen molar-refractivity contribution < 1.29 is 9.53 Å². The minimum atomic E-state index is -0.262. The molecule has 3 aromatic rings. The van der Waals surface area contributed by atoms with Gasteiger partial charge in [0.1, 0.15) is 5.75 Å². The monoisotopic (exact) mass is 310 g/mol. The zero-order valence-corrected chi connectivity index (χ0v) is 13.1. The van der Waals surface area contributed by atoms with E-state index in [0.29, 0.717) is 11.6 Å². The first kappa shape index (κ1) is 15.0. The second kappa shape index (κ2) is 6.48. The molecule has 2 aromatic heterocycles. The summed E-state index contributed by atoms with van der Waals surface area (Å²) in [5, 5.41) is 11.1. The molecule has 1 N–H and O–H groups in total. The number of hydrogen-bond acceptors (Lipinski definition) is 4. The van der Waals surface area contributed by atoms with E-state index in [1.807, 2.05) is 66.9 Å². The van der Waals surface area contributed by atoms with Gasteiger partial charge in [0.05, 0.1) is 6.04 Å². The second-order valence-corrected chi connectivity index (χ2v) is 5.38. The van der Waals surface area contributed by atoms with Gasteiger partial charge in [-0.1, -0.05) is 23.8 Å². The molecule has 0 bridgehead atoms. The van der Waals surface area contributed by atoms with Gasteiger partial charge in [-0.15, -0.1) is 10.2 Å². The van der Waals surface area contributed by atoms with Crippen molar-refractivity contribution in [2.45, 2.75) is 19.9 Å². The Kier molecular flexibility index (Phi) is 4.23. The van der Waals surface area contributed by atoms with Gasteiger partial charge in [-0.05, 0) is 38.1 Å². The van der Waals surface area contributed by atoms with E-state index >= 15 is 0 Å². The van der Waals surface area contributed by atoms with Crippen LogP contribution in [0.2, 0.25) is 0 Å². The highest BCUT2D eigenvalue weighted by Crippen LogP contribution is 2.13. The minimum absolute atomic E-state index is 0.0376. The van der Waals surface area contributed by atoms with Crippen molar-refractivity contribution in [3.05, 3.63) is 60.0 Å². The minimum Gasteiger partial charge on any atom is -0.484 e. The number of fused-ring (bicyclic) bond motifs is 1. The van der Waals surface area contributed by atoms with Crippen LogP contribution in [0, 0.1) is 6.92 Å². The maximum Gasteiger partial charge on any atom is 0.258 e. The molecule has 1 atom stereocenters. The first-order valence-corrected chi connectivity index (χ1v) is 7.42. The van der Waals surface area contributed by atoms with Crippen LogP contribution >= 0.6 is 0 Å². The Labute approximate surface area is 134 Å². The lowest BCUT2D eigenvalue weighted by molar-refractivity contribution is -0.123. The SMILES string of the molecule is Cc1ccc(OCC(=O)NC(C)c2nnc3ccccn23)cc1. The van der Waals surface area contributed by atoms with Crippen molar-refractivity contribution in [2.75, 3.05) is 6.61 Å². The van der Waals surface area contributed by atoms with E-state index in [1.165, 1.54) is 0 Å². The third-order valence-electron chi connectivity index (χ3n) is 3.50. The molecule has 3 rings (SSSR count). The van der Waals surface area contributed by atoms with Gasteiger partial charge >= 0.3 is 0 Å². The number of ether oxygens (including phenoxy) is 1. The Hall–Kier alpha value is -2.89. The van der Waals surface area contributed by atoms with Crippen molar-refractivity contribution in [1.82, 2.24) is 19.9 Å². The van der Waals surface area contributed by atoms with Crippen LogP contribution in [-0.2, 0) is 4.79 Å². The van der Waals surface area contributed by atoms with Crippen LogP contribution in [0.15, 0.2) is 48.7 Å². The van der Waals surface area contributed by atoms with E-state index in [0.717, 1.165) is 11.2 Å². The molecule has 0 spiro atoms. The number of rotatable bonds is 5. The fourth-order valence-electron chi connectivity index (χ4n) is 2.29. The summed E-state index contributed by atoms with van der Waals surface area (Å²) in [6.07, 6.45) is 1.87. The highest BCUT2D eigenvalue weighted by atomic mass is 16.5. The number of hydrogen-bond donors (Lipinski definition) is 1. The predicted molar refractivity (Wildman–Crippen MR) is 86.2 cm³/mol. The Bertz CT molecular complexity index is 811. The number of aryl methyl sites for hydroxylation is 1. The van der Waals surface area contributed by atoms with Gasteiger partial charge in [0, 0.05) is 6.20 Å². The van der Waals surface area contributed by atoms with Gasteiger partial charge < -0.3 is 10.1 Å². The molecule has 0 aliphatic heterocycles. The molecule has 6 heteroatoms. The van der Waals surface area contributed by atoms with Crippen molar-refractivity contribution in [2.24, 2.45) is 0 Å². The molecule has 0 radical (unpaired) electrons. The standard InChI is InChI=1S/C17H18N4O2/c1-12-6-8-14(9-7-12)23-11-16(22)18-13(2)17-20-19-15-5-3-4-10-21(15)17/h3-10,13H,11H2,1-2H3,(H,18,22). The predicted octanol–water partition coefficient (Wildman–Crippen LogP) is 2.29. The Balaban J connectivity index is 1.60. The molecule has 6 nitrogen and oxygen atoms in total. The van der Waals surface area contributed by atoms with Crippen LogP contribution in [0.5, 0.6) is 5.75 Å². The quantitative estimate of drug-likeness (QED) is 0.785. The molecular weight excluding hydrogens is 292 g/mol. The third-order valence-corrected chi connectivity index (χ3v) is 3.50. The Morgan fingerprint density at radius 1 is 1.22 bits per heavy atom. The number of nitrogens with zero attached hydrogens (tertiary/aromatic N) is 3. The Morgan fingerprint density at radius 2 is 2.00 bits per heavy atom. The van der Waals surface area contributed by atoms with Crippen LogP contribution in [0.1, 0.15) is 24.4 Å². The number of nitrogens with one attached hydrogen (secondary N) is 1. The van der Waals surface area contributed by atoms with E-state index in [4.69, 9.17) is 4.74 Å². The zero-order chi connectivity index (χ0) is 16.2. The molecule has 0 fully saturated rings. The first-order valence-electron chi connectivity index (χ1n) is 7.42. The highest BCUT2D eigenvalue weighted by Gasteiger charge is 2.15. The highest BCUT2D eigenvalue weighted by molar-refractivity contribution is 5.77. The Morgan fingerprint density at radius 3 is 2.78 bits per heavy atom. The van der Waals surface area contributed by atoms with Gasteiger partial charge in [-0.3, -0.25) is 9.20 Å². The molecule has 0 saturated heterocycles. The summed E-state index contributed by atoms with van der Waals surface area (Å²) in [5.41, 5.74) is 1.90. The molecular formula is C17H18N4O2. The fourth-order valence-corrected chi connectivity index (χ4v) is 2.29. The van der Waals surface area contributed by atoms with E-state index < -0.39 is 0 Å². The van der Waals surface area contributed by atoms with Crippen molar-refractivity contribution in [3.8, 4) is 5.75 Å². The van der Waals surface area contributed by atoms with Crippen LogP contribution in [-0.4, -0.2) is 27.1 Å². The van der Waals surface area contributed by atoms with Crippen molar-refractivity contribution >= 4 is 11.6 Å². The van der Waals surface area contributed by atoms with Gasteiger partial charge in [-0.2, -0.15) is 0 Å². The second-order valence-electron chi connectivity index (χ2n) is 5.38. The first-order chi connectivity index (χ1) is 11.1. The van der Waals surface area contributed by atoms with E-state index in [1.54, 1.807) is 0 Å².